The van der Waals surface area contributed by atoms with Gasteiger partial charge in [-0.3, -0.25) is 4.79 Å². The van der Waals surface area contributed by atoms with E-state index in [9.17, 15) is 9.90 Å². The van der Waals surface area contributed by atoms with E-state index >= 15 is 0 Å². The van der Waals surface area contributed by atoms with Crippen LogP contribution >= 0.6 is 15.9 Å². The van der Waals surface area contributed by atoms with Gasteiger partial charge in [-0.25, -0.2) is 0 Å². The minimum atomic E-state index is -0.0801. The number of halogens is 1. The number of aryl methyl sites for hydroxylation is 1. The first-order chi connectivity index (χ1) is 10.1. The first kappa shape index (κ1) is 15.7. The van der Waals surface area contributed by atoms with Crippen LogP contribution in [0.3, 0.4) is 0 Å². The zero-order chi connectivity index (χ0) is 15.2. The van der Waals surface area contributed by atoms with Gasteiger partial charge in [-0.1, -0.05) is 42.0 Å². The van der Waals surface area contributed by atoms with Gasteiger partial charge in [0.25, 0.3) is 5.91 Å². The molecule has 0 unspecified atom stereocenters. The molecular weight excluding hydrogens is 330 g/mol. The van der Waals surface area contributed by atoms with Gasteiger partial charge in [0.15, 0.2) is 0 Å². The predicted octanol–water partition coefficient (Wildman–Crippen LogP) is 3.39. The van der Waals surface area contributed by atoms with Gasteiger partial charge in [-0.15, -0.1) is 0 Å². The molecule has 0 radical (unpaired) electrons. The maximum absolute atomic E-state index is 12.7. The molecule has 0 heterocycles. The van der Waals surface area contributed by atoms with Crippen molar-refractivity contribution in [3.05, 3.63) is 69.7 Å². The van der Waals surface area contributed by atoms with Gasteiger partial charge in [-0.2, -0.15) is 0 Å². The van der Waals surface area contributed by atoms with Crippen molar-refractivity contribution in [2.45, 2.75) is 13.5 Å². The molecule has 0 bridgehead atoms. The number of carbonyl (C=O) groups excluding carboxylic acids is 1. The number of aliphatic hydroxyl groups excluding tert-OH is 1. The Kier molecular flexibility index (Phi) is 5.53. The van der Waals surface area contributed by atoms with Crippen molar-refractivity contribution < 1.29 is 9.90 Å². The van der Waals surface area contributed by atoms with Crippen LogP contribution in [0.2, 0.25) is 0 Å². The molecule has 0 aliphatic carbocycles. The van der Waals surface area contributed by atoms with Crippen LogP contribution in [0.15, 0.2) is 53.0 Å². The second-order valence-electron chi connectivity index (χ2n) is 4.92. The largest absolute Gasteiger partial charge is 0.395 e. The fourth-order valence-electron chi connectivity index (χ4n) is 2.15. The molecule has 0 fully saturated rings. The number of rotatable bonds is 5. The first-order valence-corrected chi connectivity index (χ1v) is 7.61. The van der Waals surface area contributed by atoms with Crippen molar-refractivity contribution in [2.24, 2.45) is 0 Å². The number of hydrogen-bond acceptors (Lipinski definition) is 2. The monoisotopic (exact) mass is 347 g/mol. The van der Waals surface area contributed by atoms with Gasteiger partial charge in [0.05, 0.1) is 12.2 Å². The van der Waals surface area contributed by atoms with E-state index in [1.54, 1.807) is 4.90 Å². The summed E-state index contributed by atoms with van der Waals surface area (Å²) in [6.07, 6.45) is 0. The smallest absolute Gasteiger partial charge is 0.255 e. The maximum Gasteiger partial charge on any atom is 0.255 e. The van der Waals surface area contributed by atoms with Gasteiger partial charge in [-0.05, 0) is 40.5 Å². The van der Waals surface area contributed by atoms with Crippen molar-refractivity contribution in [1.82, 2.24) is 4.90 Å². The Labute approximate surface area is 133 Å². The SMILES string of the molecule is Cc1ccc(Br)c(C(=O)N(CCO)Cc2ccccc2)c1. The topological polar surface area (TPSA) is 40.5 Å². The van der Waals surface area contributed by atoms with Crippen molar-refractivity contribution in [1.29, 1.82) is 0 Å². The van der Waals surface area contributed by atoms with E-state index in [-0.39, 0.29) is 12.5 Å². The molecule has 1 amide bonds. The van der Waals surface area contributed by atoms with Crippen LogP contribution in [0.1, 0.15) is 21.5 Å². The summed E-state index contributed by atoms with van der Waals surface area (Å²) in [5.41, 5.74) is 2.70. The molecule has 4 heteroatoms. The third-order valence-electron chi connectivity index (χ3n) is 3.23. The lowest BCUT2D eigenvalue weighted by Gasteiger charge is -2.22. The zero-order valence-corrected chi connectivity index (χ0v) is 13.5. The normalized spacial score (nSPS) is 10.4. The third kappa shape index (κ3) is 4.16. The minimum absolute atomic E-state index is 0.0536. The maximum atomic E-state index is 12.7. The second kappa shape index (κ2) is 7.38. The summed E-state index contributed by atoms with van der Waals surface area (Å²) >= 11 is 3.43. The van der Waals surface area contributed by atoms with E-state index in [0.29, 0.717) is 18.7 Å². The number of nitrogens with zero attached hydrogens (tertiary/aromatic N) is 1. The lowest BCUT2D eigenvalue weighted by molar-refractivity contribution is 0.0707. The number of aliphatic hydroxyl groups is 1. The Balaban J connectivity index is 2.25. The third-order valence-corrected chi connectivity index (χ3v) is 3.92. The lowest BCUT2D eigenvalue weighted by atomic mass is 10.1. The van der Waals surface area contributed by atoms with E-state index in [0.717, 1.165) is 15.6 Å². The van der Waals surface area contributed by atoms with E-state index in [2.05, 4.69) is 15.9 Å². The Morgan fingerprint density at radius 2 is 1.90 bits per heavy atom. The summed E-state index contributed by atoms with van der Waals surface area (Å²) < 4.78 is 0.772. The molecule has 3 nitrogen and oxygen atoms in total. The number of carbonyl (C=O) groups is 1. The van der Waals surface area contributed by atoms with Crippen molar-refractivity contribution >= 4 is 21.8 Å². The lowest BCUT2D eigenvalue weighted by Crippen LogP contribution is -2.33. The highest BCUT2D eigenvalue weighted by Gasteiger charge is 2.18. The molecule has 0 spiro atoms. The summed E-state index contributed by atoms with van der Waals surface area (Å²) in [4.78, 5) is 14.4. The highest BCUT2D eigenvalue weighted by atomic mass is 79.9. The van der Waals surface area contributed by atoms with Crippen LogP contribution in [-0.2, 0) is 6.54 Å². The highest BCUT2D eigenvalue weighted by molar-refractivity contribution is 9.10. The van der Waals surface area contributed by atoms with Crippen molar-refractivity contribution in [2.75, 3.05) is 13.2 Å². The predicted molar refractivity (Wildman–Crippen MR) is 87.1 cm³/mol. The molecule has 0 saturated heterocycles. The van der Waals surface area contributed by atoms with Gasteiger partial charge >= 0.3 is 0 Å². The average molecular weight is 348 g/mol. The van der Waals surface area contributed by atoms with Crippen LogP contribution in [0.4, 0.5) is 0 Å². The molecule has 1 N–H and O–H groups in total. The molecule has 0 atom stereocenters. The molecule has 0 aromatic heterocycles. The molecule has 110 valence electrons. The standard InChI is InChI=1S/C17H18BrNO2/c1-13-7-8-16(18)15(11-13)17(21)19(9-10-20)12-14-5-3-2-4-6-14/h2-8,11,20H,9-10,12H2,1H3. The van der Waals surface area contributed by atoms with E-state index in [4.69, 9.17) is 0 Å². The van der Waals surface area contributed by atoms with Gasteiger partial charge in [0, 0.05) is 17.6 Å². The second-order valence-corrected chi connectivity index (χ2v) is 5.77. The van der Waals surface area contributed by atoms with E-state index in [1.165, 1.54) is 0 Å². The Hall–Kier alpha value is -1.65. The van der Waals surface area contributed by atoms with Crippen LogP contribution in [0.5, 0.6) is 0 Å². The summed E-state index contributed by atoms with van der Waals surface area (Å²) in [6, 6.07) is 15.5. The Morgan fingerprint density at radius 3 is 2.57 bits per heavy atom. The van der Waals surface area contributed by atoms with Crippen LogP contribution in [0.25, 0.3) is 0 Å². The van der Waals surface area contributed by atoms with Crippen LogP contribution < -0.4 is 0 Å². The molecule has 0 aliphatic heterocycles. The van der Waals surface area contributed by atoms with Crippen LogP contribution in [0, 0.1) is 6.92 Å². The fraction of sp³-hybridized carbons (Fsp3) is 0.235. The Bertz CT molecular complexity index is 613. The van der Waals surface area contributed by atoms with Crippen molar-refractivity contribution in [3.63, 3.8) is 0 Å². The molecule has 0 saturated carbocycles. The van der Waals surface area contributed by atoms with Gasteiger partial charge in [0.1, 0.15) is 0 Å². The highest BCUT2D eigenvalue weighted by Crippen LogP contribution is 2.21. The van der Waals surface area contributed by atoms with Gasteiger partial charge < -0.3 is 10.0 Å². The number of hydrogen-bond donors (Lipinski definition) is 1. The molecule has 21 heavy (non-hydrogen) atoms. The summed E-state index contributed by atoms with van der Waals surface area (Å²) in [5.74, 6) is -0.0801. The van der Waals surface area contributed by atoms with Gasteiger partial charge in [0.2, 0.25) is 0 Å². The Morgan fingerprint density at radius 1 is 1.19 bits per heavy atom. The average Bonchev–Trinajstić information content (AvgIpc) is 2.49. The molecule has 2 aromatic carbocycles. The quantitative estimate of drug-likeness (QED) is 0.900. The summed E-state index contributed by atoms with van der Waals surface area (Å²) in [5, 5.41) is 9.23. The fourth-order valence-corrected chi connectivity index (χ4v) is 2.57. The summed E-state index contributed by atoms with van der Waals surface area (Å²) in [7, 11) is 0. The zero-order valence-electron chi connectivity index (χ0n) is 11.9. The minimum Gasteiger partial charge on any atom is -0.395 e. The molecule has 2 aromatic rings. The first-order valence-electron chi connectivity index (χ1n) is 6.82. The number of benzene rings is 2. The van der Waals surface area contributed by atoms with Crippen molar-refractivity contribution in [3.8, 4) is 0 Å². The number of amides is 1. The van der Waals surface area contributed by atoms with E-state index in [1.807, 2.05) is 55.5 Å². The molecule has 2 rings (SSSR count). The molecular formula is C17H18BrNO2. The molecule has 0 aliphatic rings. The van der Waals surface area contributed by atoms with Crippen LogP contribution in [-0.4, -0.2) is 29.1 Å². The van der Waals surface area contributed by atoms with E-state index < -0.39 is 0 Å². The summed E-state index contributed by atoms with van der Waals surface area (Å²) in [6.45, 7) is 2.70.